The molecule has 7 heteroatoms. The lowest BCUT2D eigenvalue weighted by atomic mass is 10.1. The smallest absolute Gasteiger partial charge is 0.240 e. The first-order chi connectivity index (χ1) is 8.81. The van der Waals surface area contributed by atoms with Gasteiger partial charge in [0.05, 0.1) is 22.5 Å². The zero-order chi connectivity index (χ0) is 14.6. The highest BCUT2D eigenvalue weighted by atomic mass is 35.5. The number of nitrogens with two attached hydrogens (primary N) is 2. The van der Waals surface area contributed by atoms with Crippen LogP contribution < -0.4 is 11.5 Å². The fourth-order valence-corrected chi connectivity index (χ4v) is 1.90. The zero-order valence-electron chi connectivity index (χ0n) is 10.4. The van der Waals surface area contributed by atoms with Crippen molar-refractivity contribution in [2.75, 3.05) is 7.05 Å². The van der Waals surface area contributed by atoms with Crippen molar-refractivity contribution in [1.29, 1.82) is 0 Å². The topological polar surface area (TPSA) is 89.4 Å². The summed E-state index contributed by atoms with van der Waals surface area (Å²) in [6.45, 7) is 0.322. The van der Waals surface area contributed by atoms with Crippen LogP contribution in [0, 0.1) is 0 Å². The summed E-state index contributed by atoms with van der Waals surface area (Å²) in [6, 6.07) is 4.16. The van der Waals surface area contributed by atoms with Gasteiger partial charge in [-0.15, -0.1) is 0 Å². The second-order valence-corrected chi connectivity index (χ2v) is 5.03. The van der Waals surface area contributed by atoms with Gasteiger partial charge in [-0.3, -0.25) is 9.59 Å². The molecule has 1 atom stereocenters. The predicted molar refractivity (Wildman–Crippen MR) is 74.7 cm³/mol. The van der Waals surface area contributed by atoms with E-state index in [9.17, 15) is 9.59 Å². The maximum Gasteiger partial charge on any atom is 0.240 e. The summed E-state index contributed by atoms with van der Waals surface area (Å²) >= 11 is 11.7. The average molecular weight is 304 g/mol. The van der Waals surface area contributed by atoms with E-state index in [4.69, 9.17) is 34.7 Å². The monoisotopic (exact) mass is 303 g/mol. The lowest BCUT2D eigenvalue weighted by Crippen LogP contribution is -2.43. The Morgan fingerprint density at radius 1 is 1.32 bits per heavy atom. The normalized spacial score (nSPS) is 12.0. The Morgan fingerprint density at radius 2 is 1.95 bits per heavy atom. The average Bonchev–Trinajstić information content (AvgIpc) is 2.32. The van der Waals surface area contributed by atoms with Gasteiger partial charge in [-0.25, -0.2) is 0 Å². The maximum absolute atomic E-state index is 11.9. The molecule has 0 bridgehead atoms. The van der Waals surface area contributed by atoms with Crippen LogP contribution in [0.2, 0.25) is 10.0 Å². The third-order valence-electron chi connectivity index (χ3n) is 2.52. The van der Waals surface area contributed by atoms with Gasteiger partial charge in [0.15, 0.2) is 0 Å². The molecule has 0 saturated heterocycles. The van der Waals surface area contributed by atoms with E-state index in [-0.39, 0.29) is 12.3 Å². The van der Waals surface area contributed by atoms with Crippen molar-refractivity contribution in [3.05, 3.63) is 33.8 Å². The van der Waals surface area contributed by atoms with Crippen molar-refractivity contribution in [1.82, 2.24) is 4.90 Å². The number of hydrogen-bond acceptors (Lipinski definition) is 3. The molecular formula is C12H15Cl2N3O2. The highest BCUT2D eigenvalue weighted by molar-refractivity contribution is 6.42. The Bertz CT molecular complexity index is 494. The largest absolute Gasteiger partial charge is 0.370 e. The van der Waals surface area contributed by atoms with Crippen LogP contribution in [0.25, 0.3) is 0 Å². The van der Waals surface area contributed by atoms with E-state index in [1.54, 1.807) is 25.2 Å². The number of carbonyl (C=O) groups is 2. The van der Waals surface area contributed by atoms with Crippen LogP contribution in [0.3, 0.4) is 0 Å². The molecule has 1 unspecified atom stereocenters. The summed E-state index contributed by atoms with van der Waals surface area (Å²) in [6.07, 6.45) is -0.176. The number of likely N-dealkylation sites (N-methyl/N-ethyl adjacent to an activating group) is 1. The van der Waals surface area contributed by atoms with Gasteiger partial charge in [0.25, 0.3) is 0 Å². The number of nitrogens with zero attached hydrogens (tertiary/aromatic N) is 1. The van der Waals surface area contributed by atoms with Crippen LogP contribution in [-0.4, -0.2) is 29.8 Å². The van der Waals surface area contributed by atoms with E-state index in [0.29, 0.717) is 16.6 Å². The molecule has 0 spiro atoms. The van der Waals surface area contributed by atoms with Crippen molar-refractivity contribution in [3.8, 4) is 0 Å². The molecule has 0 aliphatic heterocycles. The van der Waals surface area contributed by atoms with Crippen molar-refractivity contribution >= 4 is 35.0 Å². The van der Waals surface area contributed by atoms with E-state index in [1.807, 2.05) is 0 Å². The molecule has 0 aliphatic carbocycles. The molecule has 0 aliphatic rings. The maximum atomic E-state index is 11.9. The molecule has 0 fully saturated rings. The van der Waals surface area contributed by atoms with Gasteiger partial charge in [-0.2, -0.15) is 0 Å². The molecule has 0 saturated carbocycles. The molecule has 2 amide bonds. The van der Waals surface area contributed by atoms with Crippen LogP contribution >= 0.6 is 23.2 Å². The van der Waals surface area contributed by atoms with E-state index >= 15 is 0 Å². The van der Waals surface area contributed by atoms with E-state index in [1.165, 1.54) is 4.90 Å². The van der Waals surface area contributed by atoms with Gasteiger partial charge in [0.1, 0.15) is 0 Å². The SMILES string of the molecule is CN(Cc1ccc(Cl)c(Cl)c1)C(=O)C(N)CC(N)=O. The van der Waals surface area contributed by atoms with Crippen LogP contribution in [-0.2, 0) is 16.1 Å². The number of carbonyl (C=O) groups excluding carboxylic acids is 2. The Labute approximate surface area is 121 Å². The van der Waals surface area contributed by atoms with Crippen LogP contribution in [0.1, 0.15) is 12.0 Å². The molecule has 1 rings (SSSR count). The Hall–Kier alpha value is -1.30. The Balaban J connectivity index is 2.68. The lowest BCUT2D eigenvalue weighted by Gasteiger charge is -2.21. The molecule has 0 aromatic heterocycles. The van der Waals surface area contributed by atoms with Gasteiger partial charge in [0.2, 0.25) is 11.8 Å². The van der Waals surface area contributed by atoms with Gasteiger partial charge in [-0.1, -0.05) is 29.3 Å². The quantitative estimate of drug-likeness (QED) is 0.855. The third-order valence-corrected chi connectivity index (χ3v) is 3.26. The fraction of sp³-hybridized carbons (Fsp3) is 0.333. The minimum absolute atomic E-state index is 0.176. The van der Waals surface area contributed by atoms with Crippen LogP contribution in [0.5, 0.6) is 0 Å². The van der Waals surface area contributed by atoms with Crippen molar-refractivity contribution in [2.24, 2.45) is 11.5 Å². The molecular weight excluding hydrogens is 289 g/mol. The molecule has 5 nitrogen and oxygen atoms in total. The number of rotatable bonds is 5. The minimum Gasteiger partial charge on any atom is -0.370 e. The second kappa shape index (κ2) is 6.75. The van der Waals surface area contributed by atoms with E-state index < -0.39 is 11.9 Å². The highest BCUT2D eigenvalue weighted by Gasteiger charge is 2.20. The summed E-state index contributed by atoms with van der Waals surface area (Å²) in [5.74, 6) is -0.964. The standard InChI is InChI=1S/C12H15Cl2N3O2/c1-17(12(19)10(15)5-11(16)18)6-7-2-3-8(13)9(14)4-7/h2-4,10H,5-6,15H2,1H3,(H2,16,18). The summed E-state index contributed by atoms with van der Waals surface area (Å²) in [5, 5.41) is 0.867. The lowest BCUT2D eigenvalue weighted by molar-refractivity contribution is -0.133. The molecule has 19 heavy (non-hydrogen) atoms. The number of benzene rings is 1. The molecule has 1 aromatic rings. The van der Waals surface area contributed by atoms with Gasteiger partial charge in [0, 0.05) is 13.6 Å². The number of primary amides is 1. The highest BCUT2D eigenvalue weighted by Crippen LogP contribution is 2.23. The molecule has 1 aromatic carbocycles. The first kappa shape index (κ1) is 15.8. The summed E-state index contributed by atoms with van der Waals surface area (Å²) in [7, 11) is 1.59. The van der Waals surface area contributed by atoms with Crippen LogP contribution in [0.4, 0.5) is 0 Å². The Morgan fingerprint density at radius 3 is 2.47 bits per heavy atom. The Kier molecular flexibility index (Phi) is 5.60. The first-order valence-electron chi connectivity index (χ1n) is 5.54. The first-order valence-corrected chi connectivity index (χ1v) is 6.29. The minimum atomic E-state index is -0.926. The summed E-state index contributed by atoms with van der Waals surface area (Å²) in [5.41, 5.74) is 11.4. The summed E-state index contributed by atoms with van der Waals surface area (Å²) < 4.78 is 0. The molecule has 4 N–H and O–H groups in total. The van der Waals surface area contributed by atoms with Gasteiger partial charge < -0.3 is 16.4 Å². The number of hydrogen-bond donors (Lipinski definition) is 2. The van der Waals surface area contributed by atoms with Crippen LogP contribution in [0.15, 0.2) is 18.2 Å². The molecule has 0 heterocycles. The third kappa shape index (κ3) is 4.70. The number of amides is 2. The molecule has 0 radical (unpaired) electrons. The van der Waals surface area contributed by atoms with Crippen molar-refractivity contribution in [3.63, 3.8) is 0 Å². The second-order valence-electron chi connectivity index (χ2n) is 4.22. The van der Waals surface area contributed by atoms with Crippen molar-refractivity contribution < 1.29 is 9.59 Å². The van der Waals surface area contributed by atoms with Gasteiger partial charge in [-0.05, 0) is 17.7 Å². The number of halogens is 2. The predicted octanol–water partition coefficient (Wildman–Crippen LogP) is 1.15. The van der Waals surface area contributed by atoms with E-state index in [2.05, 4.69) is 0 Å². The van der Waals surface area contributed by atoms with Crippen molar-refractivity contribution in [2.45, 2.75) is 19.0 Å². The summed E-state index contributed by atoms with van der Waals surface area (Å²) in [4.78, 5) is 24.0. The van der Waals surface area contributed by atoms with Gasteiger partial charge >= 0.3 is 0 Å². The van der Waals surface area contributed by atoms with E-state index in [0.717, 1.165) is 5.56 Å². The fourth-order valence-electron chi connectivity index (χ4n) is 1.58. The zero-order valence-corrected chi connectivity index (χ0v) is 11.9. The molecule has 104 valence electrons.